The van der Waals surface area contributed by atoms with Crippen LogP contribution in [0.4, 0.5) is 0 Å². The summed E-state index contributed by atoms with van der Waals surface area (Å²) in [6, 6.07) is 10.8. The third-order valence-electron chi connectivity index (χ3n) is 5.18. The van der Waals surface area contributed by atoms with E-state index >= 15 is 0 Å². The molecular formula is C21H28N4O2. The highest BCUT2D eigenvalue weighted by Gasteiger charge is 2.35. The highest BCUT2D eigenvalue weighted by molar-refractivity contribution is 5.75. The van der Waals surface area contributed by atoms with Crippen molar-refractivity contribution in [3.05, 3.63) is 59.9 Å². The van der Waals surface area contributed by atoms with E-state index < -0.39 is 5.66 Å². The highest BCUT2D eigenvalue weighted by Crippen LogP contribution is 2.29. The van der Waals surface area contributed by atoms with Crippen LogP contribution in [-0.2, 0) is 10.5 Å². The Labute approximate surface area is 160 Å². The van der Waals surface area contributed by atoms with Crippen molar-refractivity contribution in [2.75, 3.05) is 19.6 Å². The first-order valence-corrected chi connectivity index (χ1v) is 9.54. The maximum atomic E-state index is 12.1. The first-order chi connectivity index (χ1) is 13.1. The summed E-state index contributed by atoms with van der Waals surface area (Å²) in [6.07, 6.45) is 6.86. The summed E-state index contributed by atoms with van der Waals surface area (Å²) >= 11 is 0. The van der Waals surface area contributed by atoms with Crippen LogP contribution in [-0.4, -0.2) is 35.6 Å². The minimum absolute atomic E-state index is 0.130. The summed E-state index contributed by atoms with van der Waals surface area (Å²) in [5, 5.41) is 19.8. The van der Waals surface area contributed by atoms with E-state index in [1.54, 1.807) is 24.5 Å². The monoisotopic (exact) mass is 368 g/mol. The highest BCUT2D eigenvalue weighted by atomic mass is 16.3. The molecule has 144 valence electrons. The fraction of sp³-hybridized carbons (Fsp3) is 0.429. The Kier molecular flexibility index (Phi) is 6.42. The molecule has 1 amide bonds. The maximum Gasteiger partial charge on any atom is 0.218 e. The molecule has 1 fully saturated rings. The molecule has 6 nitrogen and oxygen atoms in total. The van der Waals surface area contributed by atoms with Crippen LogP contribution in [0.25, 0.3) is 0 Å². The average molecular weight is 368 g/mol. The number of hydrogen-bond acceptors (Lipinski definition) is 5. The van der Waals surface area contributed by atoms with Crippen LogP contribution in [0.2, 0.25) is 0 Å². The third-order valence-corrected chi connectivity index (χ3v) is 5.18. The molecule has 1 aliphatic rings. The molecule has 3 rings (SSSR count). The number of carbonyl (C=O) groups is 1. The molecule has 0 saturated carbocycles. The maximum absolute atomic E-state index is 12.1. The van der Waals surface area contributed by atoms with Gasteiger partial charge in [0.2, 0.25) is 5.91 Å². The van der Waals surface area contributed by atoms with Gasteiger partial charge in [0, 0.05) is 19.3 Å². The molecule has 6 heteroatoms. The Morgan fingerprint density at radius 1 is 1.15 bits per heavy atom. The Balaban J connectivity index is 1.90. The number of piperidine rings is 1. The van der Waals surface area contributed by atoms with Gasteiger partial charge in [-0.25, -0.2) is 0 Å². The fourth-order valence-electron chi connectivity index (χ4n) is 3.77. The first-order valence-electron chi connectivity index (χ1n) is 9.54. The van der Waals surface area contributed by atoms with Crippen LogP contribution >= 0.6 is 0 Å². The van der Waals surface area contributed by atoms with Crippen molar-refractivity contribution in [1.29, 1.82) is 0 Å². The molecule has 2 aromatic rings. The fourth-order valence-corrected chi connectivity index (χ4v) is 3.77. The van der Waals surface area contributed by atoms with E-state index in [1.807, 2.05) is 24.3 Å². The second-order valence-corrected chi connectivity index (χ2v) is 7.12. The number of phenols is 1. The number of aromatic hydroxyl groups is 1. The van der Waals surface area contributed by atoms with Crippen LogP contribution in [0.1, 0.15) is 37.3 Å². The summed E-state index contributed by atoms with van der Waals surface area (Å²) in [6.45, 7) is 4.44. The normalized spacial score (nSPS) is 17.2. The number of amides is 1. The van der Waals surface area contributed by atoms with Crippen LogP contribution in [0, 0.1) is 5.92 Å². The lowest BCUT2D eigenvalue weighted by Crippen LogP contribution is -2.57. The van der Waals surface area contributed by atoms with Gasteiger partial charge in [-0.1, -0.05) is 12.1 Å². The second-order valence-electron chi connectivity index (χ2n) is 7.12. The predicted molar refractivity (Wildman–Crippen MR) is 105 cm³/mol. The van der Waals surface area contributed by atoms with E-state index in [0.29, 0.717) is 5.92 Å². The standard InChI is InChI=1S/C21H28N4O2/c1-16(26)25-21(19-9-13-23-14-10-19,18-2-4-20(27)5-3-18)24-15-8-17-6-11-22-12-7-17/h2-5,9-10,13-14,17,22,24,27H,6-8,11-12,15H2,1H3,(H,25,26). The lowest BCUT2D eigenvalue weighted by atomic mass is 9.89. The second kappa shape index (κ2) is 8.97. The van der Waals surface area contributed by atoms with Crippen LogP contribution in [0.15, 0.2) is 48.8 Å². The van der Waals surface area contributed by atoms with Crippen molar-refractivity contribution in [3.8, 4) is 5.75 Å². The molecule has 27 heavy (non-hydrogen) atoms. The Bertz CT molecular complexity index is 730. The third kappa shape index (κ3) is 4.84. The molecule has 2 heterocycles. The van der Waals surface area contributed by atoms with Crippen molar-refractivity contribution >= 4 is 5.91 Å². The molecule has 1 aromatic heterocycles. The number of carbonyl (C=O) groups excluding carboxylic acids is 1. The SMILES string of the molecule is CC(=O)NC(NCCC1CCNCC1)(c1ccncc1)c1ccc(O)cc1. The summed E-state index contributed by atoms with van der Waals surface area (Å²) in [7, 11) is 0. The molecule has 1 atom stereocenters. The molecule has 0 bridgehead atoms. The van der Waals surface area contributed by atoms with Crippen LogP contribution in [0.5, 0.6) is 5.75 Å². The number of nitrogens with zero attached hydrogens (tertiary/aromatic N) is 1. The van der Waals surface area contributed by atoms with Crippen LogP contribution in [0.3, 0.4) is 0 Å². The van der Waals surface area contributed by atoms with E-state index in [-0.39, 0.29) is 11.7 Å². The van der Waals surface area contributed by atoms with Gasteiger partial charge in [0.05, 0.1) is 0 Å². The number of nitrogens with one attached hydrogen (secondary N) is 3. The molecule has 1 aliphatic heterocycles. The number of hydrogen-bond donors (Lipinski definition) is 4. The topological polar surface area (TPSA) is 86.3 Å². The Hall–Kier alpha value is -2.44. The van der Waals surface area contributed by atoms with Gasteiger partial charge >= 0.3 is 0 Å². The zero-order chi connectivity index (χ0) is 19.1. The summed E-state index contributed by atoms with van der Waals surface area (Å²) in [5.74, 6) is 0.750. The molecule has 0 radical (unpaired) electrons. The quantitative estimate of drug-likeness (QED) is 0.563. The smallest absolute Gasteiger partial charge is 0.218 e. The van der Waals surface area contributed by atoms with Gasteiger partial charge in [-0.05, 0) is 80.2 Å². The molecule has 4 N–H and O–H groups in total. The van der Waals surface area contributed by atoms with Crippen molar-refractivity contribution in [1.82, 2.24) is 20.9 Å². The molecule has 1 saturated heterocycles. The Morgan fingerprint density at radius 3 is 2.41 bits per heavy atom. The first kappa shape index (κ1) is 19.3. The number of pyridine rings is 1. The molecular weight excluding hydrogens is 340 g/mol. The summed E-state index contributed by atoms with van der Waals surface area (Å²) < 4.78 is 0. The van der Waals surface area contributed by atoms with Gasteiger partial charge in [0.1, 0.15) is 11.4 Å². The minimum atomic E-state index is -0.866. The lowest BCUT2D eigenvalue weighted by molar-refractivity contribution is -0.120. The summed E-state index contributed by atoms with van der Waals surface area (Å²) in [5.41, 5.74) is 0.908. The van der Waals surface area contributed by atoms with Crippen LogP contribution < -0.4 is 16.0 Å². The van der Waals surface area contributed by atoms with E-state index in [1.165, 1.54) is 19.8 Å². The van der Waals surface area contributed by atoms with Gasteiger partial charge in [-0.3, -0.25) is 15.1 Å². The van der Waals surface area contributed by atoms with Crippen molar-refractivity contribution in [2.45, 2.75) is 31.8 Å². The van der Waals surface area contributed by atoms with Gasteiger partial charge < -0.3 is 15.7 Å². The van der Waals surface area contributed by atoms with E-state index in [2.05, 4.69) is 20.9 Å². The van der Waals surface area contributed by atoms with Gasteiger partial charge in [0.25, 0.3) is 0 Å². The van der Waals surface area contributed by atoms with E-state index in [4.69, 9.17) is 0 Å². The van der Waals surface area contributed by atoms with Crippen molar-refractivity contribution in [3.63, 3.8) is 0 Å². The number of rotatable bonds is 7. The van der Waals surface area contributed by atoms with Gasteiger partial charge in [0.15, 0.2) is 0 Å². The van der Waals surface area contributed by atoms with E-state index in [0.717, 1.165) is 37.2 Å². The summed E-state index contributed by atoms with van der Waals surface area (Å²) in [4.78, 5) is 16.2. The molecule has 0 spiro atoms. The Morgan fingerprint density at radius 2 is 1.78 bits per heavy atom. The number of aromatic nitrogens is 1. The number of phenolic OH excluding ortho intramolecular Hbond substituents is 1. The largest absolute Gasteiger partial charge is 0.508 e. The predicted octanol–water partition coefficient (Wildman–Crippen LogP) is 2.10. The average Bonchev–Trinajstić information content (AvgIpc) is 2.69. The van der Waals surface area contributed by atoms with Crippen molar-refractivity contribution < 1.29 is 9.90 Å². The molecule has 1 aromatic carbocycles. The zero-order valence-electron chi connectivity index (χ0n) is 15.7. The number of benzene rings is 1. The zero-order valence-corrected chi connectivity index (χ0v) is 15.7. The van der Waals surface area contributed by atoms with Gasteiger partial charge in [-0.2, -0.15) is 0 Å². The van der Waals surface area contributed by atoms with Gasteiger partial charge in [-0.15, -0.1) is 0 Å². The lowest BCUT2D eigenvalue weighted by Gasteiger charge is -2.37. The van der Waals surface area contributed by atoms with Crippen molar-refractivity contribution in [2.24, 2.45) is 5.92 Å². The molecule has 1 unspecified atom stereocenters. The minimum Gasteiger partial charge on any atom is -0.508 e. The van der Waals surface area contributed by atoms with E-state index in [9.17, 15) is 9.90 Å². The molecule has 0 aliphatic carbocycles.